The second kappa shape index (κ2) is 9.90. The standard InChI is InChI=1S/C23H23F3N4O5S/c1-22(13-3-5-14(24)6-4-13)17(35-21(33)34-2)15(28-18(29-22)19-27-9-10-36-19)11-30-12-23(25,26)8-7-16(30)20(31)32/h3-6,9-10,16H,7-8,11-12H2,1-2H3,(H,28,29)(H,31,32)/t16?,22-/m0/s1. The first-order valence-corrected chi connectivity index (χ1v) is 11.8. The first kappa shape index (κ1) is 25.6. The van der Waals surface area contributed by atoms with E-state index in [-0.39, 0.29) is 30.3 Å². The van der Waals surface area contributed by atoms with Crippen molar-refractivity contribution in [3.63, 3.8) is 0 Å². The highest BCUT2D eigenvalue weighted by atomic mass is 32.1. The molecule has 2 aliphatic heterocycles. The van der Waals surface area contributed by atoms with Crippen LogP contribution in [-0.4, -0.2) is 65.1 Å². The Morgan fingerprint density at radius 1 is 1.31 bits per heavy atom. The highest BCUT2D eigenvalue weighted by Gasteiger charge is 2.46. The molecule has 3 heterocycles. The summed E-state index contributed by atoms with van der Waals surface area (Å²) < 4.78 is 52.5. The minimum atomic E-state index is -3.10. The summed E-state index contributed by atoms with van der Waals surface area (Å²) in [6, 6.07) is 4.15. The minimum Gasteiger partial charge on any atom is -0.480 e. The van der Waals surface area contributed by atoms with Crippen molar-refractivity contribution < 1.29 is 37.3 Å². The van der Waals surface area contributed by atoms with E-state index in [9.17, 15) is 27.9 Å². The molecular formula is C23H23F3N4O5S. The van der Waals surface area contributed by atoms with Gasteiger partial charge in [0.25, 0.3) is 5.92 Å². The van der Waals surface area contributed by atoms with Crippen LogP contribution in [0.2, 0.25) is 0 Å². The van der Waals surface area contributed by atoms with Gasteiger partial charge in [-0.15, -0.1) is 11.3 Å². The number of benzene rings is 1. The van der Waals surface area contributed by atoms with Gasteiger partial charge >= 0.3 is 12.1 Å². The van der Waals surface area contributed by atoms with Crippen LogP contribution in [0.3, 0.4) is 0 Å². The minimum absolute atomic E-state index is 0.0979. The molecule has 1 saturated heterocycles. The lowest BCUT2D eigenvalue weighted by atomic mass is 9.87. The molecular weight excluding hydrogens is 501 g/mol. The predicted molar refractivity (Wildman–Crippen MR) is 123 cm³/mol. The Labute approximate surface area is 208 Å². The van der Waals surface area contributed by atoms with Gasteiger partial charge in [-0.05, 0) is 31.0 Å². The monoisotopic (exact) mass is 524 g/mol. The number of rotatable bonds is 6. The van der Waals surface area contributed by atoms with Crippen LogP contribution in [0, 0.1) is 5.82 Å². The first-order chi connectivity index (χ1) is 17.0. The average molecular weight is 525 g/mol. The molecule has 0 spiro atoms. The molecule has 2 atom stereocenters. The van der Waals surface area contributed by atoms with Crippen molar-refractivity contribution in [1.29, 1.82) is 0 Å². The predicted octanol–water partition coefficient (Wildman–Crippen LogP) is 3.73. The number of carbonyl (C=O) groups excluding carboxylic acids is 1. The number of hydrogen-bond acceptors (Lipinski definition) is 9. The molecule has 0 amide bonds. The number of hydrogen-bond donors (Lipinski definition) is 2. The number of thiazole rings is 1. The zero-order valence-electron chi connectivity index (χ0n) is 19.3. The summed E-state index contributed by atoms with van der Waals surface area (Å²) >= 11 is 1.25. The van der Waals surface area contributed by atoms with E-state index in [0.29, 0.717) is 10.6 Å². The van der Waals surface area contributed by atoms with Gasteiger partial charge in [-0.3, -0.25) is 9.69 Å². The Hall–Kier alpha value is -3.45. The molecule has 0 radical (unpaired) electrons. The molecule has 0 bridgehead atoms. The lowest BCUT2D eigenvalue weighted by molar-refractivity contribution is -0.151. The van der Waals surface area contributed by atoms with Gasteiger partial charge in [0.1, 0.15) is 17.4 Å². The maximum absolute atomic E-state index is 14.3. The first-order valence-electron chi connectivity index (χ1n) is 10.9. The van der Waals surface area contributed by atoms with Crippen molar-refractivity contribution in [2.24, 2.45) is 4.99 Å². The van der Waals surface area contributed by atoms with Crippen LogP contribution in [0.5, 0.6) is 0 Å². The molecule has 36 heavy (non-hydrogen) atoms. The van der Waals surface area contributed by atoms with Crippen molar-refractivity contribution in [3.05, 3.63) is 63.7 Å². The summed E-state index contributed by atoms with van der Waals surface area (Å²) in [5.74, 6) is -4.69. The zero-order valence-corrected chi connectivity index (χ0v) is 20.2. The molecule has 1 aromatic heterocycles. The van der Waals surface area contributed by atoms with Gasteiger partial charge in [-0.25, -0.2) is 27.9 Å². The number of carboxylic acids is 1. The Morgan fingerprint density at radius 2 is 2.03 bits per heavy atom. The highest BCUT2D eigenvalue weighted by molar-refractivity contribution is 7.11. The molecule has 4 rings (SSSR count). The van der Waals surface area contributed by atoms with Crippen LogP contribution in [0.1, 0.15) is 30.3 Å². The van der Waals surface area contributed by atoms with E-state index in [0.717, 1.165) is 12.0 Å². The number of aliphatic imine (C=N–C) groups is 1. The summed E-state index contributed by atoms with van der Waals surface area (Å²) in [7, 11) is 1.10. The van der Waals surface area contributed by atoms with Crippen LogP contribution in [-0.2, 0) is 19.8 Å². The number of amidine groups is 1. The number of nitrogens with one attached hydrogen (secondary N) is 1. The van der Waals surface area contributed by atoms with Crippen molar-refractivity contribution in [2.45, 2.75) is 37.3 Å². The van der Waals surface area contributed by atoms with E-state index in [1.807, 2.05) is 0 Å². The lowest BCUT2D eigenvalue weighted by Crippen LogP contribution is -2.54. The number of aliphatic carboxylic acids is 1. The van der Waals surface area contributed by atoms with Gasteiger partial charge in [0.05, 0.1) is 19.4 Å². The molecule has 1 unspecified atom stereocenters. The van der Waals surface area contributed by atoms with Crippen molar-refractivity contribution in [3.8, 4) is 0 Å². The number of ether oxygens (including phenoxy) is 2. The van der Waals surface area contributed by atoms with Crippen LogP contribution >= 0.6 is 11.3 Å². The molecule has 9 nitrogen and oxygen atoms in total. The summed E-state index contributed by atoms with van der Waals surface area (Å²) in [5.41, 5.74) is -0.897. The van der Waals surface area contributed by atoms with E-state index >= 15 is 0 Å². The van der Waals surface area contributed by atoms with Gasteiger partial charge in [0, 0.05) is 24.5 Å². The number of carbonyl (C=O) groups is 2. The fourth-order valence-corrected chi connectivity index (χ4v) is 4.85. The summed E-state index contributed by atoms with van der Waals surface area (Å²) in [4.78, 5) is 34.2. The molecule has 0 aliphatic carbocycles. The van der Waals surface area contributed by atoms with Crippen LogP contribution in [0.25, 0.3) is 0 Å². The molecule has 0 saturated carbocycles. The Morgan fingerprint density at radius 3 is 2.64 bits per heavy atom. The third-order valence-corrected chi connectivity index (χ3v) is 6.80. The quantitative estimate of drug-likeness (QED) is 0.550. The Bertz CT molecular complexity index is 1200. The SMILES string of the molecule is COC(=O)OC1=C(CN2CC(F)(F)CCC2C(=O)O)NC(c2nccs2)=N[C@@]1(C)c1ccc(F)cc1. The number of halogens is 3. The maximum Gasteiger partial charge on any atom is 0.513 e. The fraction of sp³-hybridized carbons (Fsp3) is 0.391. The normalized spacial score (nSPS) is 24.0. The fourth-order valence-electron chi connectivity index (χ4n) is 4.27. The van der Waals surface area contributed by atoms with Crippen LogP contribution < -0.4 is 5.32 Å². The van der Waals surface area contributed by atoms with Gasteiger partial charge in [-0.1, -0.05) is 12.1 Å². The van der Waals surface area contributed by atoms with E-state index in [1.54, 1.807) is 18.5 Å². The zero-order chi connectivity index (χ0) is 26.1. The second-order valence-electron chi connectivity index (χ2n) is 8.52. The van der Waals surface area contributed by atoms with Gasteiger partial charge in [-0.2, -0.15) is 0 Å². The van der Waals surface area contributed by atoms with Gasteiger partial charge in [0.15, 0.2) is 16.6 Å². The molecule has 1 fully saturated rings. The maximum atomic E-state index is 14.3. The van der Waals surface area contributed by atoms with Crippen LogP contribution in [0.4, 0.5) is 18.0 Å². The number of carboxylic acid groups (broad SMARTS) is 1. The molecule has 1 aromatic carbocycles. The second-order valence-corrected chi connectivity index (χ2v) is 9.41. The third-order valence-electron chi connectivity index (χ3n) is 6.02. The number of likely N-dealkylation sites (tertiary alicyclic amines) is 1. The number of nitrogens with zero attached hydrogens (tertiary/aromatic N) is 3. The summed E-state index contributed by atoms with van der Waals surface area (Å²) in [6.07, 6.45) is -0.359. The Balaban J connectivity index is 1.86. The number of methoxy groups -OCH3 is 1. The number of piperidine rings is 1. The summed E-state index contributed by atoms with van der Waals surface area (Å²) in [5, 5.41) is 14.8. The third kappa shape index (κ3) is 5.21. The molecule has 192 valence electrons. The lowest BCUT2D eigenvalue weighted by Gasteiger charge is -2.40. The van der Waals surface area contributed by atoms with E-state index in [1.165, 1.54) is 35.6 Å². The van der Waals surface area contributed by atoms with E-state index in [2.05, 4.69) is 15.0 Å². The topological polar surface area (TPSA) is 113 Å². The molecule has 2 N–H and O–H groups in total. The van der Waals surface area contributed by atoms with Crippen LogP contribution in [0.15, 0.2) is 52.3 Å². The Kier molecular flexibility index (Phi) is 7.05. The largest absolute Gasteiger partial charge is 0.513 e. The number of alkyl halides is 2. The van der Waals surface area contributed by atoms with Crippen molar-refractivity contribution in [1.82, 2.24) is 15.2 Å². The van der Waals surface area contributed by atoms with E-state index < -0.39 is 48.4 Å². The average Bonchev–Trinajstić information content (AvgIpc) is 3.36. The molecule has 2 aromatic rings. The summed E-state index contributed by atoms with van der Waals surface area (Å²) in [6.45, 7) is 0.462. The number of aromatic nitrogens is 1. The molecule has 13 heteroatoms. The van der Waals surface area contributed by atoms with Gasteiger partial charge in [0.2, 0.25) is 0 Å². The molecule has 2 aliphatic rings. The smallest absolute Gasteiger partial charge is 0.480 e. The van der Waals surface area contributed by atoms with Crippen molar-refractivity contribution in [2.75, 3.05) is 20.2 Å². The van der Waals surface area contributed by atoms with Gasteiger partial charge < -0.3 is 19.9 Å². The van der Waals surface area contributed by atoms with E-state index in [4.69, 9.17) is 9.73 Å². The van der Waals surface area contributed by atoms with Crippen molar-refractivity contribution >= 4 is 29.3 Å². The highest BCUT2D eigenvalue weighted by Crippen LogP contribution is 2.40.